The molecule has 8 heteroatoms. The molecule has 0 saturated carbocycles. The number of para-hydroxylation sites is 3. The Morgan fingerprint density at radius 2 is 1.61 bits per heavy atom. The van der Waals surface area contributed by atoms with Crippen molar-refractivity contribution in [2.45, 2.75) is 12.0 Å². The molecule has 1 saturated heterocycles. The second-order valence-corrected chi connectivity index (χ2v) is 11.0. The number of piperazine rings is 1. The SMILES string of the molecule is COCCN1C(=O)c2ccccc2[C@H](C(=O)Nc2ccccc2N2CCN(C)CC2)[C@@H]1c1cn(C)c2ccccc12. The van der Waals surface area contributed by atoms with Crippen LogP contribution in [0.25, 0.3) is 10.9 Å². The highest BCUT2D eigenvalue weighted by atomic mass is 16.5. The van der Waals surface area contributed by atoms with Gasteiger partial charge in [0.2, 0.25) is 5.91 Å². The molecule has 2 aliphatic rings. The predicted octanol–water partition coefficient (Wildman–Crippen LogP) is 4.50. The van der Waals surface area contributed by atoms with Gasteiger partial charge in [-0.25, -0.2) is 0 Å². The number of aromatic nitrogens is 1. The summed E-state index contributed by atoms with van der Waals surface area (Å²) in [4.78, 5) is 35.0. The third-order valence-electron chi connectivity index (χ3n) is 8.51. The molecule has 8 nitrogen and oxygen atoms in total. The number of anilines is 2. The number of hydrogen-bond acceptors (Lipinski definition) is 5. The van der Waals surface area contributed by atoms with Crippen LogP contribution in [0.1, 0.15) is 33.4 Å². The van der Waals surface area contributed by atoms with E-state index in [9.17, 15) is 9.59 Å². The first kappa shape index (κ1) is 27.1. The summed E-state index contributed by atoms with van der Waals surface area (Å²) in [6.07, 6.45) is 2.06. The molecular weight excluding hydrogens is 514 g/mol. The molecule has 2 aliphatic heterocycles. The normalized spacial score (nSPS) is 19.4. The van der Waals surface area contributed by atoms with Gasteiger partial charge in [0.25, 0.3) is 5.91 Å². The molecule has 1 fully saturated rings. The van der Waals surface area contributed by atoms with Crippen LogP contribution in [0.2, 0.25) is 0 Å². The topological polar surface area (TPSA) is 70.1 Å². The number of carbonyl (C=O) groups is 2. The zero-order chi connectivity index (χ0) is 28.5. The number of methoxy groups -OCH3 is 1. The number of hydrogen-bond donors (Lipinski definition) is 1. The number of ether oxygens (including phenoxy) is 1. The summed E-state index contributed by atoms with van der Waals surface area (Å²) in [5, 5.41) is 4.34. The summed E-state index contributed by atoms with van der Waals surface area (Å²) < 4.78 is 7.50. The number of fused-ring (bicyclic) bond motifs is 2. The number of nitrogens with zero attached hydrogens (tertiary/aromatic N) is 4. The van der Waals surface area contributed by atoms with Gasteiger partial charge in [-0.05, 0) is 36.9 Å². The molecule has 0 radical (unpaired) electrons. The maximum absolute atomic E-state index is 14.6. The highest BCUT2D eigenvalue weighted by Crippen LogP contribution is 2.46. The Hall–Kier alpha value is -4.14. The van der Waals surface area contributed by atoms with Crippen molar-refractivity contribution >= 4 is 34.1 Å². The van der Waals surface area contributed by atoms with Crippen molar-refractivity contribution in [3.8, 4) is 0 Å². The van der Waals surface area contributed by atoms with E-state index in [4.69, 9.17) is 4.74 Å². The van der Waals surface area contributed by atoms with Crippen molar-refractivity contribution in [3.63, 3.8) is 0 Å². The van der Waals surface area contributed by atoms with Crippen LogP contribution in [0.5, 0.6) is 0 Å². The summed E-state index contributed by atoms with van der Waals surface area (Å²) in [7, 11) is 5.77. The number of rotatable bonds is 7. The van der Waals surface area contributed by atoms with E-state index in [1.807, 2.05) is 66.5 Å². The highest BCUT2D eigenvalue weighted by molar-refractivity contribution is 6.06. The fourth-order valence-electron chi connectivity index (χ4n) is 6.38. The molecule has 1 aromatic heterocycles. The molecule has 3 aromatic carbocycles. The molecule has 4 aromatic rings. The van der Waals surface area contributed by atoms with Crippen LogP contribution in [0.3, 0.4) is 0 Å². The van der Waals surface area contributed by atoms with Gasteiger partial charge >= 0.3 is 0 Å². The summed E-state index contributed by atoms with van der Waals surface area (Å²) in [5.41, 5.74) is 5.13. The number of carbonyl (C=O) groups excluding carboxylic acids is 2. The van der Waals surface area contributed by atoms with Crippen molar-refractivity contribution < 1.29 is 14.3 Å². The molecule has 41 heavy (non-hydrogen) atoms. The zero-order valence-corrected chi connectivity index (χ0v) is 23.9. The van der Waals surface area contributed by atoms with Crippen LogP contribution in [0, 0.1) is 0 Å². The largest absolute Gasteiger partial charge is 0.383 e. The Morgan fingerprint density at radius 3 is 2.41 bits per heavy atom. The maximum atomic E-state index is 14.6. The molecule has 2 amide bonds. The predicted molar refractivity (Wildman–Crippen MR) is 163 cm³/mol. The number of likely N-dealkylation sites (N-methyl/N-ethyl adjacent to an activating group) is 1. The van der Waals surface area contributed by atoms with E-state index in [0.29, 0.717) is 18.7 Å². The van der Waals surface area contributed by atoms with Gasteiger partial charge in [0, 0.05) is 75.1 Å². The van der Waals surface area contributed by atoms with Crippen LogP contribution in [0.4, 0.5) is 11.4 Å². The van der Waals surface area contributed by atoms with E-state index in [0.717, 1.165) is 59.6 Å². The lowest BCUT2D eigenvalue weighted by atomic mass is 9.79. The molecule has 0 aliphatic carbocycles. The van der Waals surface area contributed by atoms with E-state index in [-0.39, 0.29) is 11.8 Å². The third-order valence-corrected chi connectivity index (χ3v) is 8.51. The first-order chi connectivity index (χ1) is 20.0. The van der Waals surface area contributed by atoms with Gasteiger partial charge in [0.1, 0.15) is 0 Å². The fourth-order valence-corrected chi connectivity index (χ4v) is 6.38. The van der Waals surface area contributed by atoms with Crippen LogP contribution < -0.4 is 10.2 Å². The lowest BCUT2D eigenvalue weighted by Crippen LogP contribution is -2.47. The Kier molecular flexibility index (Phi) is 7.51. The van der Waals surface area contributed by atoms with Crippen LogP contribution >= 0.6 is 0 Å². The molecule has 0 spiro atoms. The minimum atomic E-state index is -0.618. The van der Waals surface area contributed by atoms with E-state index < -0.39 is 12.0 Å². The number of aryl methyl sites for hydroxylation is 1. The van der Waals surface area contributed by atoms with Gasteiger partial charge < -0.3 is 29.3 Å². The molecule has 2 atom stereocenters. The van der Waals surface area contributed by atoms with Crippen molar-refractivity contribution in [1.82, 2.24) is 14.4 Å². The van der Waals surface area contributed by atoms with E-state index >= 15 is 0 Å². The number of nitrogens with one attached hydrogen (secondary N) is 1. The van der Waals surface area contributed by atoms with Crippen molar-refractivity contribution in [2.24, 2.45) is 7.05 Å². The monoisotopic (exact) mass is 551 g/mol. The van der Waals surface area contributed by atoms with Gasteiger partial charge in [0.15, 0.2) is 0 Å². The first-order valence-corrected chi connectivity index (χ1v) is 14.2. The average molecular weight is 552 g/mol. The highest BCUT2D eigenvalue weighted by Gasteiger charge is 2.45. The number of amides is 2. The van der Waals surface area contributed by atoms with Gasteiger partial charge in [-0.2, -0.15) is 0 Å². The maximum Gasteiger partial charge on any atom is 0.254 e. The van der Waals surface area contributed by atoms with Crippen molar-refractivity contribution in [3.05, 3.63) is 95.7 Å². The van der Waals surface area contributed by atoms with Gasteiger partial charge in [-0.1, -0.05) is 48.5 Å². The first-order valence-electron chi connectivity index (χ1n) is 14.2. The zero-order valence-electron chi connectivity index (χ0n) is 23.9. The van der Waals surface area contributed by atoms with Crippen LogP contribution in [-0.2, 0) is 16.6 Å². The molecule has 0 unspecified atom stereocenters. The summed E-state index contributed by atoms with van der Waals surface area (Å²) in [6.45, 7) is 4.48. The average Bonchev–Trinajstić information content (AvgIpc) is 3.33. The number of benzene rings is 3. The van der Waals surface area contributed by atoms with E-state index in [1.54, 1.807) is 7.11 Å². The van der Waals surface area contributed by atoms with Crippen molar-refractivity contribution in [1.29, 1.82) is 0 Å². The molecule has 0 bridgehead atoms. The fraction of sp³-hybridized carbons (Fsp3) is 0.333. The molecule has 212 valence electrons. The third kappa shape index (κ3) is 4.98. The quantitative estimate of drug-likeness (QED) is 0.367. The second kappa shape index (κ2) is 11.4. The van der Waals surface area contributed by atoms with Crippen molar-refractivity contribution in [2.75, 3.05) is 63.7 Å². The Balaban J connectivity index is 1.46. The lowest BCUT2D eigenvalue weighted by Gasteiger charge is -2.41. The Bertz CT molecular complexity index is 1570. The van der Waals surface area contributed by atoms with Gasteiger partial charge in [-0.3, -0.25) is 9.59 Å². The van der Waals surface area contributed by atoms with Gasteiger partial charge in [-0.15, -0.1) is 0 Å². The van der Waals surface area contributed by atoms with Gasteiger partial charge in [0.05, 0.1) is 29.9 Å². The summed E-state index contributed by atoms with van der Waals surface area (Å²) in [6, 6.07) is 23.2. The van der Waals surface area contributed by atoms with Crippen LogP contribution in [-0.4, -0.2) is 79.7 Å². The van der Waals surface area contributed by atoms with Crippen LogP contribution in [0.15, 0.2) is 79.0 Å². The smallest absolute Gasteiger partial charge is 0.254 e. The Morgan fingerprint density at radius 1 is 0.902 bits per heavy atom. The molecule has 6 rings (SSSR count). The van der Waals surface area contributed by atoms with E-state index in [1.165, 1.54) is 0 Å². The molecular formula is C33H37N5O3. The molecule has 1 N–H and O–H groups in total. The standard InChI is InChI=1S/C33H37N5O3/c1-35-16-18-37(19-17-35)29-15-9-7-13-27(29)34-32(39)30-24-11-4-5-12-25(24)33(40)38(20-21-41-3)31(30)26-22-36(2)28-14-8-6-10-23(26)28/h4-15,22,30-31H,16-21H2,1-3H3,(H,34,39)/t30-,31-/m0/s1. The summed E-state index contributed by atoms with van der Waals surface area (Å²) >= 11 is 0. The summed E-state index contributed by atoms with van der Waals surface area (Å²) in [5.74, 6) is -0.837. The van der Waals surface area contributed by atoms with E-state index in [2.05, 4.69) is 51.1 Å². The lowest BCUT2D eigenvalue weighted by molar-refractivity contribution is -0.119. The minimum Gasteiger partial charge on any atom is -0.383 e. The second-order valence-electron chi connectivity index (χ2n) is 11.0. The Labute approximate surface area is 241 Å². The minimum absolute atomic E-state index is 0.0857. The molecule has 3 heterocycles.